The molecule has 1 heterocycles. The Morgan fingerprint density at radius 1 is 1.11 bits per heavy atom. The topological polar surface area (TPSA) is 67.7 Å². The number of ether oxygens (including phenoxy) is 1. The molecule has 0 spiro atoms. The molecule has 0 unspecified atom stereocenters. The van der Waals surface area contributed by atoms with E-state index >= 15 is 0 Å². The smallest absolute Gasteiger partial charge is 0.250 e. The monoisotopic (exact) mass is 484 g/mol. The minimum Gasteiger partial charge on any atom is -0.496 e. The molecule has 148 valence electrons. The van der Waals surface area contributed by atoms with Gasteiger partial charge in [-0.2, -0.15) is 0 Å². The zero-order chi connectivity index (χ0) is 18.8. The van der Waals surface area contributed by atoms with Gasteiger partial charge < -0.3 is 19.9 Å². The van der Waals surface area contributed by atoms with E-state index in [-0.39, 0.29) is 29.5 Å². The number of rotatable bonds is 8. The summed E-state index contributed by atoms with van der Waals surface area (Å²) in [5.74, 6) is 1.61. The van der Waals surface area contributed by atoms with Crippen molar-refractivity contribution in [2.75, 3.05) is 20.7 Å². The number of aliphatic imine (C=N–C) groups is 1. The van der Waals surface area contributed by atoms with Crippen LogP contribution in [0.25, 0.3) is 0 Å². The van der Waals surface area contributed by atoms with Gasteiger partial charge in [0, 0.05) is 44.0 Å². The molecule has 0 saturated heterocycles. The summed E-state index contributed by atoms with van der Waals surface area (Å²) in [6.07, 6.45) is 1.89. The van der Waals surface area contributed by atoms with Crippen LogP contribution in [0.3, 0.4) is 0 Å². The van der Waals surface area contributed by atoms with Crippen molar-refractivity contribution in [3.05, 3.63) is 64.1 Å². The molecular formula is C20H29IN4O2. The molecule has 0 bridgehead atoms. The van der Waals surface area contributed by atoms with Gasteiger partial charge in [-0.15, -0.1) is 24.0 Å². The zero-order valence-corrected chi connectivity index (χ0v) is 18.5. The molecule has 0 atom stereocenters. The summed E-state index contributed by atoms with van der Waals surface area (Å²) < 4.78 is 7.17. The highest BCUT2D eigenvalue weighted by molar-refractivity contribution is 14.0. The molecule has 0 radical (unpaired) electrons. The van der Waals surface area contributed by atoms with E-state index < -0.39 is 0 Å². The van der Waals surface area contributed by atoms with Gasteiger partial charge in [0.25, 0.3) is 5.56 Å². The zero-order valence-electron chi connectivity index (χ0n) is 16.2. The molecule has 0 aliphatic carbocycles. The van der Waals surface area contributed by atoms with Crippen molar-refractivity contribution in [3.63, 3.8) is 0 Å². The van der Waals surface area contributed by atoms with Gasteiger partial charge in [0.2, 0.25) is 0 Å². The number of aryl methyl sites for hydroxylation is 1. The predicted octanol–water partition coefficient (Wildman–Crippen LogP) is 2.93. The van der Waals surface area contributed by atoms with Crippen LogP contribution in [0.1, 0.15) is 24.1 Å². The number of nitrogens with one attached hydrogen (secondary N) is 2. The van der Waals surface area contributed by atoms with Gasteiger partial charge in [-0.25, -0.2) is 0 Å². The van der Waals surface area contributed by atoms with E-state index in [1.165, 1.54) is 0 Å². The van der Waals surface area contributed by atoms with E-state index in [1.54, 1.807) is 26.3 Å². The van der Waals surface area contributed by atoms with E-state index in [2.05, 4.69) is 15.6 Å². The van der Waals surface area contributed by atoms with Gasteiger partial charge in [-0.3, -0.25) is 9.79 Å². The molecular weight excluding hydrogens is 455 g/mol. The van der Waals surface area contributed by atoms with Crippen LogP contribution in [0.4, 0.5) is 0 Å². The SMILES string of the molecule is CN=C(NCCCCn1c(C)cccc1=O)NCc1ccccc1OC.I. The van der Waals surface area contributed by atoms with Crippen LogP contribution in [0.15, 0.2) is 52.3 Å². The summed E-state index contributed by atoms with van der Waals surface area (Å²) >= 11 is 0. The first-order chi connectivity index (χ1) is 12.7. The van der Waals surface area contributed by atoms with Crippen LogP contribution in [0.2, 0.25) is 0 Å². The Morgan fingerprint density at radius 3 is 2.59 bits per heavy atom. The fourth-order valence-corrected chi connectivity index (χ4v) is 2.76. The average Bonchev–Trinajstić information content (AvgIpc) is 2.66. The van der Waals surface area contributed by atoms with E-state index in [1.807, 2.05) is 41.8 Å². The van der Waals surface area contributed by atoms with Gasteiger partial charge in [-0.05, 0) is 31.9 Å². The lowest BCUT2D eigenvalue weighted by Gasteiger charge is -2.14. The second-order valence-electron chi connectivity index (χ2n) is 6.03. The van der Waals surface area contributed by atoms with E-state index in [0.29, 0.717) is 6.54 Å². The summed E-state index contributed by atoms with van der Waals surface area (Å²) in [7, 11) is 3.43. The van der Waals surface area contributed by atoms with Crippen LogP contribution in [0, 0.1) is 6.92 Å². The van der Waals surface area contributed by atoms with E-state index in [9.17, 15) is 4.79 Å². The van der Waals surface area contributed by atoms with Gasteiger partial charge in [0.05, 0.1) is 7.11 Å². The highest BCUT2D eigenvalue weighted by Crippen LogP contribution is 2.16. The van der Waals surface area contributed by atoms with Crippen LogP contribution in [-0.2, 0) is 13.1 Å². The predicted molar refractivity (Wildman–Crippen MR) is 121 cm³/mol. The maximum absolute atomic E-state index is 11.8. The van der Waals surface area contributed by atoms with Crippen LogP contribution in [-0.4, -0.2) is 31.2 Å². The fourth-order valence-electron chi connectivity index (χ4n) is 2.76. The van der Waals surface area contributed by atoms with E-state index in [4.69, 9.17) is 4.74 Å². The first-order valence-corrected chi connectivity index (χ1v) is 8.88. The first kappa shape index (κ1) is 23.0. The number of hydrogen-bond donors (Lipinski definition) is 2. The maximum atomic E-state index is 11.8. The van der Waals surface area contributed by atoms with Crippen molar-refractivity contribution in [1.82, 2.24) is 15.2 Å². The van der Waals surface area contributed by atoms with E-state index in [0.717, 1.165) is 48.9 Å². The number of nitrogens with zero attached hydrogens (tertiary/aromatic N) is 2. The molecule has 6 nitrogen and oxygen atoms in total. The summed E-state index contributed by atoms with van der Waals surface area (Å²) in [5.41, 5.74) is 2.14. The lowest BCUT2D eigenvalue weighted by Crippen LogP contribution is -2.37. The van der Waals surface area contributed by atoms with Gasteiger partial charge in [0.15, 0.2) is 5.96 Å². The molecule has 1 aromatic heterocycles. The maximum Gasteiger partial charge on any atom is 0.250 e. The largest absolute Gasteiger partial charge is 0.496 e. The molecule has 2 aromatic rings. The third-order valence-electron chi connectivity index (χ3n) is 4.23. The van der Waals surface area contributed by atoms with Crippen LogP contribution < -0.4 is 20.9 Å². The second-order valence-corrected chi connectivity index (χ2v) is 6.03. The number of benzene rings is 1. The Morgan fingerprint density at radius 2 is 1.89 bits per heavy atom. The molecule has 0 aliphatic rings. The third kappa shape index (κ3) is 7.24. The van der Waals surface area contributed by atoms with Crippen molar-refractivity contribution in [3.8, 4) is 5.75 Å². The lowest BCUT2D eigenvalue weighted by molar-refractivity contribution is 0.409. The lowest BCUT2D eigenvalue weighted by atomic mass is 10.2. The minimum absolute atomic E-state index is 0. The van der Waals surface area contributed by atoms with Crippen molar-refractivity contribution in [2.45, 2.75) is 32.9 Å². The Kier molecular flexibility index (Phi) is 10.5. The molecule has 2 rings (SSSR count). The minimum atomic E-state index is 0. The molecule has 7 heteroatoms. The standard InChI is InChI=1S/C20H28N4O2.HI/c1-16-9-8-12-19(25)24(16)14-7-6-13-22-20(21-2)23-15-17-10-4-5-11-18(17)26-3;/h4-5,8-12H,6-7,13-15H2,1-3H3,(H2,21,22,23);1H. The van der Waals surface area contributed by atoms with Gasteiger partial charge in [0.1, 0.15) is 5.75 Å². The molecule has 1 aromatic carbocycles. The molecule has 0 fully saturated rings. The van der Waals surface area contributed by atoms with Crippen molar-refractivity contribution >= 4 is 29.9 Å². The number of unbranched alkanes of at least 4 members (excludes halogenated alkanes) is 1. The number of hydrogen-bond acceptors (Lipinski definition) is 3. The Hall–Kier alpha value is -2.03. The van der Waals surface area contributed by atoms with Crippen molar-refractivity contribution < 1.29 is 4.74 Å². The molecule has 2 N–H and O–H groups in total. The summed E-state index contributed by atoms with van der Waals surface area (Å²) in [6.45, 7) is 4.14. The Labute approximate surface area is 178 Å². The van der Waals surface area contributed by atoms with Crippen LogP contribution >= 0.6 is 24.0 Å². The summed E-state index contributed by atoms with van der Waals surface area (Å²) in [5, 5.41) is 6.59. The Balaban J connectivity index is 0.00000364. The number of aromatic nitrogens is 1. The number of methoxy groups -OCH3 is 1. The number of halogens is 1. The summed E-state index contributed by atoms with van der Waals surface area (Å²) in [6, 6.07) is 13.3. The van der Waals surface area contributed by atoms with Gasteiger partial charge in [-0.1, -0.05) is 24.3 Å². The number of guanidine groups is 1. The molecule has 0 amide bonds. The van der Waals surface area contributed by atoms with Crippen molar-refractivity contribution in [2.24, 2.45) is 4.99 Å². The number of pyridine rings is 1. The Bertz CT molecular complexity index is 790. The quantitative estimate of drug-likeness (QED) is 0.262. The normalized spacial score (nSPS) is 10.9. The highest BCUT2D eigenvalue weighted by Gasteiger charge is 2.03. The molecule has 27 heavy (non-hydrogen) atoms. The average molecular weight is 484 g/mol. The highest BCUT2D eigenvalue weighted by atomic mass is 127. The third-order valence-corrected chi connectivity index (χ3v) is 4.23. The van der Waals surface area contributed by atoms with Crippen LogP contribution in [0.5, 0.6) is 5.75 Å². The first-order valence-electron chi connectivity index (χ1n) is 8.88. The van der Waals surface area contributed by atoms with Gasteiger partial charge >= 0.3 is 0 Å². The van der Waals surface area contributed by atoms with Crippen molar-refractivity contribution in [1.29, 1.82) is 0 Å². The summed E-state index contributed by atoms with van der Waals surface area (Å²) in [4.78, 5) is 16.1. The fraction of sp³-hybridized carbons (Fsp3) is 0.400. The number of para-hydroxylation sites is 1. The second kappa shape index (κ2) is 12.4. The molecule has 0 saturated carbocycles. The molecule has 0 aliphatic heterocycles.